The van der Waals surface area contributed by atoms with Crippen LogP contribution in [0.25, 0.3) is 16.9 Å². The first-order chi connectivity index (χ1) is 17.3. The Kier molecular flexibility index (Phi) is 6.82. The highest BCUT2D eigenvalue weighted by Gasteiger charge is 2.38. The number of carbonyl (C=O) groups excluding carboxylic acids is 1. The number of fused-ring (bicyclic) bond motifs is 2. The molecule has 7 nitrogen and oxygen atoms in total. The Bertz CT molecular complexity index is 1280. The number of piperidine rings is 2. The van der Waals surface area contributed by atoms with Crippen molar-refractivity contribution in [3.63, 3.8) is 0 Å². The molecule has 36 heavy (non-hydrogen) atoms. The third kappa shape index (κ3) is 4.64. The second kappa shape index (κ2) is 9.89. The third-order valence-electron chi connectivity index (χ3n) is 7.06. The summed E-state index contributed by atoms with van der Waals surface area (Å²) in [6, 6.07) is 7.80. The number of methoxy groups -OCH3 is 1. The van der Waals surface area contributed by atoms with E-state index in [1.54, 1.807) is 24.3 Å². The largest absolute Gasteiger partial charge is 0.496 e. The molecule has 0 aliphatic carbocycles. The zero-order chi connectivity index (χ0) is 25.4. The van der Waals surface area contributed by atoms with Crippen LogP contribution in [0, 0.1) is 5.92 Å². The van der Waals surface area contributed by atoms with E-state index in [-0.39, 0.29) is 34.6 Å². The summed E-state index contributed by atoms with van der Waals surface area (Å²) in [5.74, 6) is -0.327. The van der Waals surface area contributed by atoms with Gasteiger partial charge in [-0.2, -0.15) is 18.3 Å². The van der Waals surface area contributed by atoms with E-state index in [2.05, 4.69) is 15.0 Å². The van der Waals surface area contributed by atoms with E-state index in [1.165, 1.54) is 13.5 Å². The molecule has 0 N–H and O–H groups in total. The average molecular weight is 523 g/mol. The standard InChI is InChI=1S/C25H26ClF3N4O3/c1-35-19-10-3-2-8-16(19)17-13-20(25(27,28)29)33-23(30-17)21(26)22(31-33)24(34)36-14-15-7-6-12-32-11-5-4-9-18(15)32/h2-3,8,10,13,15,18H,4-7,9,11-12,14H2,1H3/t15-,18-/m1/s1. The van der Waals surface area contributed by atoms with Gasteiger partial charge in [-0.1, -0.05) is 30.2 Å². The van der Waals surface area contributed by atoms with E-state index in [9.17, 15) is 18.0 Å². The molecule has 0 bridgehead atoms. The minimum absolute atomic E-state index is 0.00594. The molecular formula is C25H26ClF3N4O3. The van der Waals surface area contributed by atoms with Crippen molar-refractivity contribution in [2.24, 2.45) is 5.92 Å². The molecule has 2 aliphatic heterocycles. The summed E-state index contributed by atoms with van der Waals surface area (Å²) in [5.41, 5.74) is -1.43. The number of aromatic nitrogens is 3. The van der Waals surface area contributed by atoms with Crippen LogP contribution in [-0.4, -0.2) is 58.3 Å². The molecule has 0 saturated carbocycles. The second-order valence-corrected chi connectivity index (χ2v) is 9.60. The van der Waals surface area contributed by atoms with Gasteiger partial charge >= 0.3 is 12.1 Å². The molecule has 0 unspecified atom stereocenters. The maximum atomic E-state index is 14.0. The van der Waals surface area contributed by atoms with Crippen molar-refractivity contribution in [2.45, 2.75) is 44.3 Å². The predicted molar refractivity (Wildman–Crippen MR) is 127 cm³/mol. The molecule has 192 valence electrons. The van der Waals surface area contributed by atoms with Crippen LogP contribution in [0.2, 0.25) is 5.02 Å². The zero-order valence-electron chi connectivity index (χ0n) is 19.7. The fourth-order valence-electron chi connectivity index (χ4n) is 5.34. The number of hydrogen-bond acceptors (Lipinski definition) is 6. The Morgan fingerprint density at radius 3 is 2.72 bits per heavy atom. The minimum atomic E-state index is -4.78. The summed E-state index contributed by atoms with van der Waals surface area (Å²) in [5, 5.41) is 3.60. The molecule has 4 heterocycles. The molecular weight excluding hydrogens is 497 g/mol. The van der Waals surface area contributed by atoms with E-state index < -0.39 is 17.8 Å². The van der Waals surface area contributed by atoms with E-state index in [1.807, 2.05) is 0 Å². The average Bonchev–Trinajstić information content (AvgIpc) is 3.22. The van der Waals surface area contributed by atoms with E-state index in [0.717, 1.165) is 44.8 Å². The summed E-state index contributed by atoms with van der Waals surface area (Å²) < 4.78 is 53.4. The van der Waals surface area contributed by atoms with Crippen LogP contribution in [0.4, 0.5) is 13.2 Å². The van der Waals surface area contributed by atoms with E-state index in [4.69, 9.17) is 21.1 Å². The third-order valence-corrected chi connectivity index (χ3v) is 7.40. The van der Waals surface area contributed by atoms with Gasteiger partial charge in [0, 0.05) is 17.5 Å². The number of benzene rings is 1. The number of carbonyl (C=O) groups is 1. The van der Waals surface area contributed by atoms with Gasteiger partial charge in [-0.25, -0.2) is 14.3 Å². The summed E-state index contributed by atoms with van der Waals surface area (Å²) in [6.45, 7) is 2.28. The van der Waals surface area contributed by atoms with Gasteiger partial charge in [-0.3, -0.25) is 4.90 Å². The van der Waals surface area contributed by atoms with Gasteiger partial charge in [0.1, 0.15) is 10.8 Å². The van der Waals surface area contributed by atoms with Crippen molar-refractivity contribution in [3.05, 3.63) is 46.7 Å². The monoisotopic (exact) mass is 522 g/mol. The SMILES string of the molecule is COc1ccccc1-c1cc(C(F)(F)F)n2nc(C(=O)OC[C@H]3CCCN4CCCC[C@H]34)c(Cl)c2n1. The fraction of sp³-hybridized carbons (Fsp3) is 0.480. The molecule has 3 aromatic rings. The van der Waals surface area contributed by atoms with Crippen LogP contribution in [-0.2, 0) is 10.9 Å². The van der Waals surface area contributed by atoms with Crippen molar-refractivity contribution in [2.75, 3.05) is 26.8 Å². The first-order valence-corrected chi connectivity index (χ1v) is 12.4. The van der Waals surface area contributed by atoms with Gasteiger partial charge < -0.3 is 9.47 Å². The zero-order valence-corrected chi connectivity index (χ0v) is 20.5. The van der Waals surface area contributed by atoms with Crippen LogP contribution in [0.1, 0.15) is 48.3 Å². The van der Waals surface area contributed by atoms with Gasteiger partial charge in [-0.15, -0.1) is 0 Å². The van der Waals surface area contributed by atoms with Crippen molar-refractivity contribution in [1.82, 2.24) is 19.5 Å². The summed E-state index contributed by atoms with van der Waals surface area (Å²) in [7, 11) is 1.42. The van der Waals surface area contributed by atoms with Crippen LogP contribution in [0.5, 0.6) is 5.75 Å². The molecule has 0 amide bonds. The molecule has 2 fully saturated rings. The van der Waals surface area contributed by atoms with Gasteiger partial charge in [0.25, 0.3) is 0 Å². The minimum Gasteiger partial charge on any atom is -0.496 e. The normalized spacial score (nSPS) is 20.8. The van der Waals surface area contributed by atoms with Crippen molar-refractivity contribution in [1.29, 1.82) is 0 Å². The molecule has 0 spiro atoms. The first-order valence-electron chi connectivity index (χ1n) is 12.0. The van der Waals surface area contributed by atoms with Crippen molar-refractivity contribution >= 4 is 23.2 Å². The first kappa shape index (κ1) is 24.8. The topological polar surface area (TPSA) is 69.0 Å². The van der Waals surface area contributed by atoms with Gasteiger partial charge in [0.15, 0.2) is 17.0 Å². The van der Waals surface area contributed by atoms with Crippen LogP contribution in [0.15, 0.2) is 30.3 Å². The quantitative estimate of drug-likeness (QED) is 0.412. The molecule has 2 aromatic heterocycles. The fourth-order valence-corrected chi connectivity index (χ4v) is 5.58. The molecule has 2 saturated heterocycles. The Morgan fingerprint density at radius 1 is 1.17 bits per heavy atom. The highest BCUT2D eigenvalue weighted by molar-refractivity contribution is 6.36. The molecule has 0 radical (unpaired) electrons. The van der Waals surface area contributed by atoms with Crippen molar-refractivity contribution < 1.29 is 27.4 Å². The van der Waals surface area contributed by atoms with Crippen LogP contribution < -0.4 is 4.74 Å². The van der Waals surface area contributed by atoms with E-state index >= 15 is 0 Å². The van der Waals surface area contributed by atoms with Crippen LogP contribution >= 0.6 is 11.6 Å². The molecule has 11 heteroatoms. The number of para-hydroxylation sites is 1. The maximum absolute atomic E-state index is 14.0. The Labute approximate surface area is 211 Å². The lowest BCUT2D eigenvalue weighted by molar-refractivity contribution is -0.142. The number of hydrogen-bond donors (Lipinski definition) is 0. The highest BCUT2D eigenvalue weighted by atomic mass is 35.5. The van der Waals surface area contributed by atoms with Gasteiger partial charge in [0.05, 0.1) is 19.4 Å². The molecule has 2 atom stereocenters. The maximum Gasteiger partial charge on any atom is 0.433 e. The lowest BCUT2D eigenvalue weighted by Gasteiger charge is -2.44. The van der Waals surface area contributed by atoms with Crippen molar-refractivity contribution in [3.8, 4) is 17.0 Å². The molecule has 1 aromatic carbocycles. The summed E-state index contributed by atoms with van der Waals surface area (Å²) in [4.78, 5) is 19.7. The highest BCUT2D eigenvalue weighted by Crippen LogP contribution is 2.37. The van der Waals surface area contributed by atoms with Gasteiger partial charge in [-0.05, 0) is 57.0 Å². The second-order valence-electron chi connectivity index (χ2n) is 9.22. The Morgan fingerprint density at radius 2 is 1.94 bits per heavy atom. The Hall–Kier alpha value is -2.85. The number of alkyl halides is 3. The number of nitrogens with zero attached hydrogens (tertiary/aromatic N) is 4. The molecule has 2 aliphatic rings. The number of rotatable bonds is 5. The van der Waals surface area contributed by atoms with Gasteiger partial charge in [0.2, 0.25) is 0 Å². The lowest BCUT2D eigenvalue weighted by Crippen LogP contribution is -2.49. The Balaban J connectivity index is 1.47. The number of halogens is 4. The van der Waals surface area contributed by atoms with E-state index in [0.29, 0.717) is 21.9 Å². The number of ether oxygens (including phenoxy) is 2. The summed E-state index contributed by atoms with van der Waals surface area (Å²) in [6.07, 6.45) is 0.562. The number of esters is 1. The lowest BCUT2D eigenvalue weighted by atomic mass is 9.84. The molecule has 5 rings (SSSR count). The predicted octanol–water partition coefficient (Wildman–Crippen LogP) is 5.50. The summed E-state index contributed by atoms with van der Waals surface area (Å²) >= 11 is 6.39. The smallest absolute Gasteiger partial charge is 0.433 e. The van der Waals surface area contributed by atoms with Crippen LogP contribution in [0.3, 0.4) is 0 Å².